The number of hydrogen-bond acceptors (Lipinski definition) is 4. The summed E-state index contributed by atoms with van der Waals surface area (Å²) in [6.07, 6.45) is 7.61. The van der Waals surface area contributed by atoms with Gasteiger partial charge in [-0.3, -0.25) is 0 Å². The number of nitrogens with one attached hydrogen (secondary N) is 1. The van der Waals surface area contributed by atoms with Crippen molar-refractivity contribution in [3.8, 4) is 17.2 Å². The molecule has 0 aliphatic heterocycles. The molecule has 0 atom stereocenters. The van der Waals surface area contributed by atoms with Crippen LogP contribution >= 0.6 is 0 Å². The maximum atomic E-state index is 14.2. The number of anilines is 1. The van der Waals surface area contributed by atoms with Gasteiger partial charge in [0.1, 0.15) is 11.9 Å². The van der Waals surface area contributed by atoms with Gasteiger partial charge in [-0.05, 0) is 25.0 Å². The Morgan fingerprint density at radius 3 is 2.40 bits per heavy atom. The molecule has 25 heavy (non-hydrogen) atoms. The van der Waals surface area contributed by atoms with Crippen LogP contribution in [0.25, 0.3) is 11.1 Å². The van der Waals surface area contributed by atoms with E-state index < -0.39 is 17.5 Å². The summed E-state index contributed by atoms with van der Waals surface area (Å²) >= 11 is 0. The largest absolute Gasteiger partial charge is 0.367 e. The van der Waals surface area contributed by atoms with Crippen LogP contribution < -0.4 is 5.32 Å². The average Bonchev–Trinajstić information content (AvgIpc) is 2.89. The van der Waals surface area contributed by atoms with Crippen molar-refractivity contribution in [3.05, 3.63) is 41.6 Å². The van der Waals surface area contributed by atoms with Crippen LogP contribution in [0, 0.1) is 28.8 Å². The number of aromatic nitrogens is 2. The van der Waals surface area contributed by atoms with E-state index in [1.165, 1.54) is 6.20 Å². The molecule has 7 heteroatoms. The van der Waals surface area contributed by atoms with Crippen molar-refractivity contribution < 1.29 is 13.2 Å². The second kappa shape index (κ2) is 7.51. The molecule has 0 saturated heterocycles. The first-order chi connectivity index (χ1) is 12.1. The fraction of sp³-hybridized carbons (Fsp3) is 0.389. The zero-order chi connectivity index (χ0) is 17.8. The number of rotatable bonds is 3. The lowest BCUT2D eigenvalue weighted by atomic mass is 10.0. The van der Waals surface area contributed by atoms with Gasteiger partial charge in [-0.2, -0.15) is 5.26 Å². The molecule has 3 rings (SSSR count). The molecule has 130 valence electrons. The Labute approximate surface area is 143 Å². The normalized spacial score (nSPS) is 15.4. The Morgan fingerprint density at radius 1 is 1.00 bits per heavy atom. The lowest BCUT2D eigenvalue weighted by molar-refractivity contribution is 0.449. The predicted molar refractivity (Wildman–Crippen MR) is 87.2 cm³/mol. The molecule has 1 aromatic heterocycles. The van der Waals surface area contributed by atoms with Crippen molar-refractivity contribution in [3.63, 3.8) is 0 Å². The van der Waals surface area contributed by atoms with Crippen LogP contribution in [0.15, 0.2) is 18.3 Å². The van der Waals surface area contributed by atoms with Crippen molar-refractivity contribution >= 4 is 5.82 Å². The highest BCUT2D eigenvalue weighted by Crippen LogP contribution is 2.32. The van der Waals surface area contributed by atoms with Crippen LogP contribution in [-0.2, 0) is 0 Å². The van der Waals surface area contributed by atoms with Crippen molar-refractivity contribution in [1.82, 2.24) is 9.97 Å². The van der Waals surface area contributed by atoms with Crippen molar-refractivity contribution in [2.24, 2.45) is 0 Å². The summed E-state index contributed by atoms with van der Waals surface area (Å²) in [6, 6.07) is 3.99. The zero-order valence-corrected chi connectivity index (χ0v) is 13.5. The van der Waals surface area contributed by atoms with Gasteiger partial charge >= 0.3 is 0 Å². The monoisotopic (exact) mass is 346 g/mol. The van der Waals surface area contributed by atoms with Crippen molar-refractivity contribution in [1.29, 1.82) is 5.26 Å². The van der Waals surface area contributed by atoms with E-state index in [4.69, 9.17) is 5.26 Å². The van der Waals surface area contributed by atoms with Crippen LogP contribution in [0.3, 0.4) is 0 Å². The fourth-order valence-electron chi connectivity index (χ4n) is 3.09. The summed E-state index contributed by atoms with van der Waals surface area (Å²) in [5, 5.41) is 12.3. The maximum Gasteiger partial charge on any atom is 0.234 e. The van der Waals surface area contributed by atoms with E-state index in [9.17, 15) is 13.2 Å². The third kappa shape index (κ3) is 3.73. The number of hydrogen-bond donors (Lipinski definition) is 1. The zero-order valence-electron chi connectivity index (χ0n) is 13.5. The minimum absolute atomic E-state index is 0.0668. The van der Waals surface area contributed by atoms with E-state index in [0.29, 0.717) is 0 Å². The first-order valence-electron chi connectivity index (χ1n) is 8.27. The minimum atomic E-state index is -1.54. The Kier molecular flexibility index (Phi) is 5.17. The predicted octanol–water partition coefficient (Wildman–Crippen LogP) is 4.57. The third-order valence-corrected chi connectivity index (χ3v) is 4.41. The molecule has 1 saturated carbocycles. The summed E-state index contributed by atoms with van der Waals surface area (Å²) in [4.78, 5) is 7.96. The second-order valence-corrected chi connectivity index (χ2v) is 6.12. The summed E-state index contributed by atoms with van der Waals surface area (Å²) < 4.78 is 41.0. The molecule has 4 nitrogen and oxygen atoms in total. The smallest absolute Gasteiger partial charge is 0.234 e. The van der Waals surface area contributed by atoms with Gasteiger partial charge in [-0.15, -0.1) is 0 Å². The van der Waals surface area contributed by atoms with Crippen molar-refractivity contribution in [2.75, 3.05) is 5.32 Å². The lowest BCUT2D eigenvalue weighted by Crippen LogP contribution is -2.20. The van der Waals surface area contributed by atoms with E-state index in [1.54, 1.807) is 0 Å². The topological polar surface area (TPSA) is 61.6 Å². The lowest BCUT2D eigenvalue weighted by Gasteiger charge is -2.19. The molecule has 1 aromatic carbocycles. The van der Waals surface area contributed by atoms with Crippen LogP contribution in [-0.4, -0.2) is 16.0 Å². The first-order valence-corrected chi connectivity index (χ1v) is 8.27. The Bertz CT molecular complexity index is 809. The number of nitriles is 1. The van der Waals surface area contributed by atoms with Crippen LogP contribution in [0.4, 0.5) is 19.0 Å². The quantitative estimate of drug-likeness (QED) is 0.653. The summed E-state index contributed by atoms with van der Waals surface area (Å²) in [7, 11) is 0. The highest BCUT2D eigenvalue weighted by molar-refractivity contribution is 5.75. The molecule has 0 spiro atoms. The van der Waals surface area contributed by atoms with Crippen LogP contribution in [0.2, 0.25) is 0 Å². The van der Waals surface area contributed by atoms with Gasteiger partial charge in [-0.25, -0.2) is 23.1 Å². The molecule has 0 radical (unpaired) electrons. The molecule has 0 amide bonds. The molecule has 1 heterocycles. The fourth-order valence-corrected chi connectivity index (χ4v) is 3.09. The second-order valence-electron chi connectivity index (χ2n) is 6.12. The molecular formula is C18H17F3N4. The molecule has 0 unspecified atom stereocenters. The molecule has 1 N–H and O–H groups in total. The molecule has 2 aromatic rings. The average molecular weight is 346 g/mol. The maximum absolute atomic E-state index is 14.2. The van der Waals surface area contributed by atoms with Gasteiger partial charge in [0.15, 0.2) is 17.5 Å². The van der Waals surface area contributed by atoms with Crippen molar-refractivity contribution in [2.45, 2.75) is 44.6 Å². The van der Waals surface area contributed by atoms with E-state index in [2.05, 4.69) is 15.3 Å². The van der Waals surface area contributed by atoms with E-state index in [0.717, 1.165) is 50.7 Å². The van der Waals surface area contributed by atoms with E-state index >= 15 is 0 Å². The van der Waals surface area contributed by atoms with Crippen LogP contribution in [0.1, 0.15) is 44.3 Å². The molecule has 1 fully saturated rings. The van der Waals surface area contributed by atoms with Gasteiger partial charge in [0.05, 0.1) is 0 Å². The van der Waals surface area contributed by atoms with Gasteiger partial charge in [0.2, 0.25) is 5.82 Å². The number of halogens is 3. The molecule has 1 aliphatic carbocycles. The number of benzene rings is 1. The van der Waals surface area contributed by atoms with Gasteiger partial charge in [0, 0.05) is 23.4 Å². The Balaban J connectivity index is 2.02. The third-order valence-electron chi connectivity index (χ3n) is 4.41. The van der Waals surface area contributed by atoms with Gasteiger partial charge in [0.25, 0.3) is 0 Å². The highest BCUT2D eigenvalue weighted by Gasteiger charge is 2.21. The summed E-state index contributed by atoms with van der Waals surface area (Å²) in [5.74, 6) is -3.89. The Morgan fingerprint density at radius 2 is 1.72 bits per heavy atom. The number of nitrogens with zero attached hydrogens (tertiary/aromatic N) is 3. The first kappa shape index (κ1) is 17.2. The van der Waals surface area contributed by atoms with Gasteiger partial charge in [-0.1, -0.05) is 25.7 Å². The van der Waals surface area contributed by atoms with E-state index in [-0.39, 0.29) is 28.8 Å². The SMILES string of the molecule is N#Cc1ncc(-c2ccc(F)c(F)c2F)c(NC2CCCCCC2)n1. The van der Waals surface area contributed by atoms with Crippen LogP contribution in [0.5, 0.6) is 0 Å². The van der Waals surface area contributed by atoms with E-state index in [1.807, 2.05) is 6.07 Å². The molecule has 0 bridgehead atoms. The summed E-state index contributed by atoms with van der Waals surface area (Å²) in [6.45, 7) is 0. The minimum Gasteiger partial charge on any atom is -0.367 e. The summed E-state index contributed by atoms with van der Waals surface area (Å²) in [5.41, 5.74) is 0.0687. The Hall–Kier alpha value is -2.62. The van der Waals surface area contributed by atoms with Gasteiger partial charge < -0.3 is 5.32 Å². The highest BCUT2D eigenvalue weighted by atomic mass is 19.2. The standard InChI is InChI=1S/C18H17F3N4/c19-14-8-7-12(16(20)17(14)21)13-10-23-15(9-22)25-18(13)24-11-5-3-1-2-4-6-11/h7-8,10-11H,1-6H2,(H,23,24,25). The molecular weight excluding hydrogens is 329 g/mol. The molecule has 1 aliphatic rings.